The fourth-order valence-electron chi connectivity index (χ4n) is 2.94. The van der Waals surface area contributed by atoms with E-state index in [-0.39, 0.29) is 0 Å². The van der Waals surface area contributed by atoms with E-state index in [1.165, 1.54) is 11.3 Å². The minimum absolute atomic E-state index is 0.784. The van der Waals surface area contributed by atoms with E-state index in [9.17, 15) is 0 Å². The Morgan fingerprint density at radius 2 is 1.81 bits per heavy atom. The molecule has 1 N–H and O–H groups in total. The van der Waals surface area contributed by atoms with Gasteiger partial charge in [0.15, 0.2) is 0 Å². The highest BCUT2D eigenvalue weighted by Crippen LogP contribution is 2.25. The number of rotatable bonds is 5. The van der Waals surface area contributed by atoms with Crippen molar-refractivity contribution >= 4 is 28.4 Å². The van der Waals surface area contributed by atoms with Crippen LogP contribution in [0.4, 0.5) is 10.8 Å². The molecule has 0 spiro atoms. The summed E-state index contributed by atoms with van der Waals surface area (Å²) in [6, 6.07) is 16.8. The normalized spacial score (nSPS) is 14.6. The minimum atomic E-state index is 0.784. The number of anilines is 2. The van der Waals surface area contributed by atoms with Crippen molar-refractivity contribution in [2.45, 2.75) is 6.92 Å². The third kappa shape index (κ3) is 4.53. The first-order valence-corrected chi connectivity index (χ1v) is 9.90. The van der Waals surface area contributed by atoms with Crippen molar-refractivity contribution in [3.63, 3.8) is 0 Å². The zero-order valence-corrected chi connectivity index (χ0v) is 16.1. The third-order valence-corrected chi connectivity index (χ3v) is 5.24. The van der Waals surface area contributed by atoms with Crippen LogP contribution >= 0.6 is 11.3 Å². The van der Waals surface area contributed by atoms with Crippen LogP contribution in [0.2, 0.25) is 0 Å². The van der Waals surface area contributed by atoms with Crippen LogP contribution in [-0.2, 0) is 4.74 Å². The van der Waals surface area contributed by atoms with Crippen LogP contribution < -0.4 is 10.3 Å². The molecular formula is C21H22N4OS. The summed E-state index contributed by atoms with van der Waals surface area (Å²) in [5.74, 6) is 0. The number of nitrogens with zero attached hydrogens (tertiary/aromatic N) is 3. The van der Waals surface area contributed by atoms with Gasteiger partial charge in [0.05, 0.1) is 25.1 Å². The summed E-state index contributed by atoms with van der Waals surface area (Å²) in [5.41, 5.74) is 8.63. The third-order valence-electron chi connectivity index (χ3n) is 4.49. The monoisotopic (exact) mass is 378 g/mol. The average Bonchev–Trinajstić information content (AvgIpc) is 3.19. The molecule has 138 valence electrons. The Kier molecular flexibility index (Phi) is 5.46. The summed E-state index contributed by atoms with van der Waals surface area (Å²) in [4.78, 5) is 6.93. The Labute approximate surface area is 163 Å². The number of hydrogen-bond donors (Lipinski definition) is 1. The summed E-state index contributed by atoms with van der Waals surface area (Å²) in [5, 5.41) is 7.14. The Hall–Kier alpha value is -2.70. The molecule has 0 saturated carbocycles. The predicted molar refractivity (Wildman–Crippen MR) is 113 cm³/mol. The number of aromatic nitrogens is 1. The summed E-state index contributed by atoms with van der Waals surface area (Å²) in [6.07, 6.45) is 1.82. The fraction of sp³-hybridized carbons (Fsp3) is 0.238. The van der Waals surface area contributed by atoms with E-state index in [1.807, 2.05) is 11.6 Å². The zero-order valence-electron chi connectivity index (χ0n) is 15.3. The number of hydrogen-bond acceptors (Lipinski definition) is 6. The number of nitrogens with one attached hydrogen (secondary N) is 1. The van der Waals surface area contributed by atoms with E-state index >= 15 is 0 Å². The first-order valence-electron chi connectivity index (χ1n) is 9.02. The lowest BCUT2D eigenvalue weighted by Crippen LogP contribution is -2.36. The number of benzene rings is 2. The van der Waals surface area contributed by atoms with Crippen molar-refractivity contribution in [3.05, 3.63) is 65.0 Å². The molecule has 1 aliphatic rings. The Morgan fingerprint density at radius 3 is 2.56 bits per heavy atom. The van der Waals surface area contributed by atoms with Crippen LogP contribution in [0.15, 0.2) is 59.0 Å². The predicted octanol–water partition coefficient (Wildman–Crippen LogP) is 4.40. The van der Waals surface area contributed by atoms with Gasteiger partial charge in [0.25, 0.3) is 0 Å². The lowest BCUT2D eigenvalue weighted by atomic mass is 10.1. The molecule has 2 aromatic carbocycles. The van der Waals surface area contributed by atoms with E-state index < -0.39 is 0 Å². The van der Waals surface area contributed by atoms with Crippen LogP contribution in [0.25, 0.3) is 11.3 Å². The average molecular weight is 379 g/mol. The van der Waals surface area contributed by atoms with E-state index in [0.717, 1.165) is 48.3 Å². The second kappa shape index (κ2) is 8.33. The van der Waals surface area contributed by atoms with Gasteiger partial charge in [0.2, 0.25) is 5.13 Å². The maximum absolute atomic E-state index is 5.40. The molecule has 0 atom stereocenters. The highest BCUT2D eigenvalue weighted by molar-refractivity contribution is 7.14. The highest BCUT2D eigenvalue weighted by atomic mass is 32.1. The maximum atomic E-state index is 5.40. The fourth-order valence-corrected chi connectivity index (χ4v) is 3.61. The van der Waals surface area contributed by atoms with Crippen LogP contribution in [0, 0.1) is 6.92 Å². The molecule has 0 aliphatic carbocycles. The van der Waals surface area contributed by atoms with Crippen LogP contribution in [0.3, 0.4) is 0 Å². The van der Waals surface area contributed by atoms with Crippen LogP contribution in [0.1, 0.15) is 11.1 Å². The van der Waals surface area contributed by atoms with E-state index in [1.54, 1.807) is 11.3 Å². The van der Waals surface area contributed by atoms with Crippen molar-refractivity contribution in [2.75, 3.05) is 36.6 Å². The van der Waals surface area contributed by atoms with Gasteiger partial charge in [-0.15, -0.1) is 11.3 Å². The van der Waals surface area contributed by atoms with Gasteiger partial charge in [-0.05, 0) is 24.6 Å². The van der Waals surface area contributed by atoms with Gasteiger partial charge in [-0.3, -0.25) is 5.43 Å². The molecule has 3 aromatic rings. The molecule has 0 bridgehead atoms. The standard InChI is InChI=1S/C21H22N4OS/c1-16-2-6-18(7-3-16)20-15-27-21(23-20)24-22-14-17-4-8-19(9-5-17)25-10-12-26-13-11-25/h2-9,14-15H,10-13H2,1H3,(H,23,24)/b22-14+. The molecule has 27 heavy (non-hydrogen) atoms. The van der Waals surface area contributed by atoms with Gasteiger partial charge in [-0.1, -0.05) is 42.0 Å². The molecule has 1 saturated heterocycles. The number of hydrazone groups is 1. The Morgan fingerprint density at radius 1 is 1.07 bits per heavy atom. The smallest absolute Gasteiger partial charge is 0.203 e. The zero-order chi connectivity index (χ0) is 18.5. The number of ether oxygens (including phenoxy) is 1. The molecule has 0 amide bonds. The molecule has 1 aliphatic heterocycles. The summed E-state index contributed by atoms with van der Waals surface area (Å²) < 4.78 is 5.40. The Balaban J connectivity index is 1.35. The molecule has 4 rings (SSSR count). The maximum Gasteiger partial charge on any atom is 0.203 e. The summed E-state index contributed by atoms with van der Waals surface area (Å²) >= 11 is 1.55. The second-order valence-corrected chi connectivity index (χ2v) is 7.32. The molecule has 1 fully saturated rings. The molecular weight excluding hydrogens is 356 g/mol. The van der Waals surface area contributed by atoms with Gasteiger partial charge in [-0.2, -0.15) is 5.10 Å². The van der Waals surface area contributed by atoms with Crippen LogP contribution in [-0.4, -0.2) is 37.5 Å². The van der Waals surface area contributed by atoms with Crippen molar-refractivity contribution in [2.24, 2.45) is 5.10 Å². The van der Waals surface area contributed by atoms with Crippen molar-refractivity contribution in [1.82, 2.24) is 4.98 Å². The van der Waals surface area contributed by atoms with E-state index in [0.29, 0.717) is 0 Å². The van der Waals surface area contributed by atoms with Gasteiger partial charge in [0, 0.05) is 29.7 Å². The molecule has 1 aromatic heterocycles. The minimum Gasteiger partial charge on any atom is -0.378 e. The van der Waals surface area contributed by atoms with Gasteiger partial charge in [0.1, 0.15) is 0 Å². The van der Waals surface area contributed by atoms with Crippen molar-refractivity contribution < 1.29 is 4.74 Å². The number of morpholine rings is 1. The van der Waals surface area contributed by atoms with E-state index in [4.69, 9.17) is 4.74 Å². The molecule has 0 unspecified atom stereocenters. The summed E-state index contributed by atoms with van der Waals surface area (Å²) in [6.45, 7) is 5.57. The molecule has 5 nitrogen and oxygen atoms in total. The van der Waals surface area contributed by atoms with Gasteiger partial charge < -0.3 is 9.64 Å². The topological polar surface area (TPSA) is 49.8 Å². The Bertz CT molecular complexity index is 897. The van der Waals surface area contributed by atoms with Crippen molar-refractivity contribution in [3.8, 4) is 11.3 Å². The molecule has 6 heteroatoms. The lowest BCUT2D eigenvalue weighted by Gasteiger charge is -2.28. The first kappa shape index (κ1) is 17.7. The largest absolute Gasteiger partial charge is 0.378 e. The SMILES string of the molecule is Cc1ccc(-c2csc(N/N=C/c3ccc(N4CCOCC4)cc3)n2)cc1. The van der Waals surface area contributed by atoms with E-state index in [2.05, 4.69) is 75.9 Å². The highest BCUT2D eigenvalue weighted by Gasteiger charge is 2.10. The lowest BCUT2D eigenvalue weighted by molar-refractivity contribution is 0.122. The quantitative estimate of drug-likeness (QED) is 0.528. The van der Waals surface area contributed by atoms with Crippen LogP contribution in [0.5, 0.6) is 0 Å². The van der Waals surface area contributed by atoms with Gasteiger partial charge in [-0.25, -0.2) is 4.98 Å². The number of aryl methyl sites for hydroxylation is 1. The summed E-state index contributed by atoms with van der Waals surface area (Å²) in [7, 11) is 0. The number of thiazole rings is 1. The van der Waals surface area contributed by atoms with Gasteiger partial charge >= 0.3 is 0 Å². The second-order valence-electron chi connectivity index (χ2n) is 6.46. The van der Waals surface area contributed by atoms with Crippen molar-refractivity contribution in [1.29, 1.82) is 0 Å². The first-order chi connectivity index (χ1) is 13.3. The molecule has 2 heterocycles. The molecule has 0 radical (unpaired) electrons.